The van der Waals surface area contributed by atoms with Gasteiger partial charge in [0.15, 0.2) is 5.65 Å². The highest BCUT2D eigenvalue weighted by molar-refractivity contribution is 8.76. The molecule has 2 aromatic heterocycles. The lowest BCUT2D eigenvalue weighted by Crippen LogP contribution is -2.17. The monoisotopic (exact) mass is 566 g/mol. The first-order valence-corrected chi connectivity index (χ1v) is 15.2. The van der Waals surface area contributed by atoms with E-state index in [4.69, 9.17) is 29.5 Å². The molecule has 4 atom stereocenters. The van der Waals surface area contributed by atoms with E-state index in [0.717, 1.165) is 5.94 Å². The van der Waals surface area contributed by atoms with Gasteiger partial charge in [0.2, 0.25) is 5.95 Å². The number of fused-ring (bicyclic) bond motifs is 1. The summed E-state index contributed by atoms with van der Waals surface area (Å²) in [6, 6.07) is 1.62. The molecule has 1 aliphatic rings. The van der Waals surface area contributed by atoms with E-state index >= 15 is 0 Å². The van der Waals surface area contributed by atoms with Crippen molar-refractivity contribution in [3.63, 3.8) is 0 Å². The maximum Gasteiger partial charge on any atom is 0.344 e. The molecule has 0 aromatic carbocycles. The van der Waals surface area contributed by atoms with Crippen LogP contribution in [0.15, 0.2) is 17.1 Å². The van der Waals surface area contributed by atoms with Crippen LogP contribution in [0.1, 0.15) is 19.1 Å². The maximum absolute atomic E-state index is 11.9. The van der Waals surface area contributed by atoms with E-state index in [0.29, 0.717) is 23.9 Å². The van der Waals surface area contributed by atoms with E-state index in [2.05, 4.69) is 18.6 Å². The number of nitrogens with one attached hydrogen (secondary N) is 1. The second kappa shape index (κ2) is 15.1. The number of methoxy groups -OCH3 is 1. The highest BCUT2D eigenvalue weighted by atomic mass is 33.1. The Morgan fingerprint density at radius 2 is 2.06 bits per heavy atom. The van der Waals surface area contributed by atoms with Crippen molar-refractivity contribution in [2.75, 3.05) is 31.6 Å². The predicted molar refractivity (Wildman–Crippen MR) is 129 cm³/mol. The number of rotatable bonds is 11. The van der Waals surface area contributed by atoms with Crippen LogP contribution in [0.3, 0.4) is 0 Å². The predicted octanol–water partition coefficient (Wildman–Crippen LogP) is 2.29. The zero-order valence-electron chi connectivity index (χ0n) is 17.5. The molecule has 33 heavy (non-hydrogen) atoms. The summed E-state index contributed by atoms with van der Waals surface area (Å²) < 4.78 is 26.1. The number of aromatic nitrogens is 3. The normalized spacial score (nSPS) is 20.1. The van der Waals surface area contributed by atoms with Crippen molar-refractivity contribution in [1.29, 1.82) is 0 Å². The number of anilines is 1. The van der Waals surface area contributed by atoms with Gasteiger partial charge in [-0.1, -0.05) is 21.6 Å². The summed E-state index contributed by atoms with van der Waals surface area (Å²) in [5.41, 5.74) is 5.66. The highest BCUT2D eigenvalue weighted by Gasteiger charge is 2.30. The summed E-state index contributed by atoms with van der Waals surface area (Å²) in [5, 5.41) is 0.392. The average molecular weight is 566 g/mol. The average Bonchev–Trinajstić information content (AvgIpc) is 3.37. The van der Waals surface area contributed by atoms with Crippen LogP contribution in [-0.2, 0) is 22.6 Å². The van der Waals surface area contributed by atoms with Gasteiger partial charge in [-0.3, -0.25) is 9.78 Å². The van der Waals surface area contributed by atoms with Gasteiger partial charge in [0.25, 0.3) is 5.56 Å². The minimum atomic E-state index is -2.80. The number of hydrogen-bond donors (Lipinski definition) is 6. The Balaban J connectivity index is 0.000000569. The molecule has 0 aliphatic carbocycles. The second-order valence-corrected chi connectivity index (χ2v) is 11.6. The molecule has 0 amide bonds. The highest BCUT2D eigenvalue weighted by Crippen LogP contribution is 2.55. The number of aromatic amines is 1. The third kappa shape index (κ3) is 9.79. The topological polar surface area (TPSA) is 204 Å². The first-order chi connectivity index (χ1) is 15.7. The Labute approximate surface area is 200 Å². The molecule has 14 nitrogen and oxygen atoms in total. The summed E-state index contributed by atoms with van der Waals surface area (Å²) in [7, 11) is -2.83. The molecule has 1 fully saturated rings. The smallest absolute Gasteiger partial charge is 0.344 e. The molecule has 7 N–H and O–H groups in total. The summed E-state index contributed by atoms with van der Waals surface area (Å²) in [5.74, 6) is 0.798. The van der Waals surface area contributed by atoms with Crippen molar-refractivity contribution in [1.82, 2.24) is 14.5 Å². The van der Waals surface area contributed by atoms with Gasteiger partial charge in [0.05, 0.1) is 18.1 Å². The number of nitrogen functional groups attached to an aromatic ring is 1. The van der Waals surface area contributed by atoms with Crippen LogP contribution < -0.4 is 11.3 Å². The molecule has 188 valence electrons. The Morgan fingerprint density at radius 1 is 1.30 bits per heavy atom. The summed E-state index contributed by atoms with van der Waals surface area (Å²) in [6.07, 6.45) is 4.18. The van der Waals surface area contributed by atoms with Crippen LogP contribution in [0, 0.1) is 0 Å². The third-order valence-electron chi connectivity index (χ3n) is 3.93. The van der Waals surface area contributed by atoms with Gasteiger partial charge < -0.3 is 43.9 Å². The number of H-pyrrole nitrogens is 1. The fraction of sp³-hybridized carbons (Fsp3) is 0.571. The molecular formula is C14H25N4O10P3S2. The first kappa shape index (κ1) is 29.1. The number of nitrogens with two attached hydrogens (primary N) is 1. The number of nitrogens with zero attached hydrogens (tertiary/aromatic N) is 2. The van der Waals surface area contributed by atoms with Crippen molar-refractivity contribution in [3.05, 3.63) is 22.6 Å². The van der Waals surface area contributed by atoms with Gasteiger partial charge in [0.1, 0.15) is 12.2 Å². The Hall–Kier alpha value is -0.150. The van der Waals surface area contributed by atoms with E-state index in [1.54, 1.807) is 45.5 Å². The molecule has 2 aromatic rings. The number of ether oxygens (including phenoxy) is 2. The molecule has 0 saturated carbocycles. The fourth-order valence-corrected chi connectivity index (χ4v) is 5.33. The van der Waals surface area contributed by atoms with Crippen molar-refractivity contribution < 1.29 is 42.2 Å². The van der Waals surface area contributed by atoms with Gasteiger partial charge in [-0.25, -0.2) is 8.62 Å². The van der Waals surface area contributed by atoms with Gasteiger partial charge in [-0.05, 0) is 25.2 Å². The Bertz CT molecular complexity index is 906. The van der Waals surface area contributed by atoms with Gasteiger partial charge >= 0.3 is 25.8 Å². The molecule has 0 radical (unpaired) electrons. The van der Waals surface area contributed by atoms with Crippen LogP contribution in [0.25, 0.3) is 11.0 Å². The third-order valence-corrected chi connectivity index (χ3v) is 8.13. The molecule has 19 heteroatoms. The zero-order chi connectivity index (χ0) is 24.4. The molecule has 4 unspecified atom stereocenters. The van der Waals surface area contributed by atoms with Crippen LogP contribution in [0.4, 0.5) is 5.95 Å². The summed E-state index contributed by atoms with van der Waals surface area (Å²) in [6.45, 7) is -0.0236. The van der Waals surface area contributed by atoms with E-state index in [1.165, 1.54) is 0 Å². The fourth-order valence-electron chi connectivity index (χ4n) is 2.71. The summed E-state index contributed by atoms with van der Waals surface area (Å²) in [4.78, 5) is 54.3. The molecule has 1 aliphatic heterocycles. The van der Waals surface area contributed by atoms with Gasteiger partial charge in [0, 0.05) is 13.3 Å². The quantitative estimate of drug-likeness (QED) is 0.1000. The van der Waals surface area contributed by atoms with E-state index < -0.39 is 25.8 Å². The maximum atomic E-state index is 11.9. The lowest BCUT2D eigenvalue weighted by molar-refractivity contribution is -0.0171. The largest absolute Gasteiger partial charge is 0.373 e. The minimum absolute atomic E-state index is 0.00514. The van der Waals surface area contributed by atoms with Crippen molar-refractivity contribution in [2.45, 2.75) is 25.2 Å². The van der Waals surface area contributed by atoms with E-state index in [1.807, 2.05) is 6.26 Å². The van der Waals surface area contributed by atoms with Crippen LogP contribution in [0.5, 0.6) is 0 Å². The van der Waals surface area contributed by atoms with Gasteiger partial charge in [-0.2, -0.15) is 4.98 Å². The Kier molecular flexibility index (Phi) is 13.3. The summed E-state index contributed by atoms with van der Waals surface area (Å²) >= 11 is 0. The van der Waals surface area contributed by atoms with Crippen LogP contribution in [-0.4, -0.2) is 66.1 Å². The lowest BCUT2D eigenvalue weighted by atomic mass is 10.2. The van der Waals surface area contributed by atoms with E-state index in [-0.39, 0.29) is 30.4 Å². The molecule has 3 heterocycles. The first-order valence-electron chi connectivity index (χ1n) is 9.06. The van der Waals surface area contributed by atoms with E-state index in [9.17, 15) is 14.6 Å². The standard InChI is InChI=1S/C11H17N4O9P3.C3H8OS2/c12-11-13-9-7(10(16)14-11)3-4-15(9)8-2-1-6(22-8)5-21-26(19)24-27(20)23-25(17)18;1-4-3-6-5-2/h3-4,6,8,17-20H,1-2,5H2,(H3,12,13,14,16);3H2,1-2H3. The van der Waals surface area contributed by atoms with Crippen LogP contribution >= 0.6 is 47.4 Å². The number of hydrogen-bond acceptors (Lipinski definition) is 14. The SMILES string of the molecule is COCSSC.Nc1nc2c(ccn2C2CCC(COP(O)OP(O)OP(O)O)O2)c(=O)[nH]1. The Morgan fingerprint density at radius 3 is 2.70 bits per heavy atom. The molecule has 0 bridgehead atoms. The van der Waals surface area contributed by atoms with Gasteiger partial charge in [-0.15, -0.1) is 0 Å². The molecule has 0 spiro atoms. The van der Waals surface area contributed by atoms with Crippen molar-refractivity contribution in [3.8, 4) is 0 Å². The molecule has 1 saturated heterocycles. The molecular weight excluding hydrogens is 541 g/mol. The lowest BCUT2D eigenvalue weighted by Gasteiger charge is -2.18. The minimum Gasteiger partial charge on any atom is -0.373 e. The van der Waals surface area contributed by atoms with Crippen molar-refractivity contribution in [2.24, 2.45) is 0 Å². The second-order valence-electron chi connectivity index (χ2n) is 6.08. The zero-order valence-corrected chi connectivity index (χ0v) is 21.8. The molecule has 3 rings (SSSR count). The van der Waals surface area contributed by atoms with Crippen molar-refractivity contribution >= 4 is 64.4 Å². The van der Waals surface area contributed by atoms with Crippen LogP contribution in [0.2, 0.25) is 0 Å².